The summed E-state index contributed by atoms with van der Waals surface area (Å²) in [6, 6.07) is 10.3. The lowest BCUT2D eigenvalue weighted by molar-refractivity contribution is -0.119. The Balaban J connectivity index is 0.00000392. The Kier molecular flexibility index (Phi) is 12.1. The minimum absolute atomic E-state index is 0. The van der Waals surface area contributed by atoms with Crippen molar-refractivity contribution < 1.29 is 9.53 Å². The van der Waals surface area contributed by atoms with Gasteiger partial charge in [-0.05, 0) is 44.6 Å². The quantitative estimate of drug-likeness (QED) is 0.235. The number of nitrogens with two attached hydrogens (primary N) is 1. The maximum absolute atomic E-state index is 11.2. The number of halogens is 1. The summed E-state index contributed by atoms with van der Waals surface area (Å²) < 4.78 is 5.92. The van der Waals surface area contributed by atoms with Crippen molar-refractivity contribution in [2.45, 2.75) is 45.6 Å². The number of nitrogens with zero attached hydrogens (tertiary/aromatic N) is 2. The third-order valence-corrected chi connectivity index (χ3v) is 4.84. The molecule has 7 heteroatoms. The molecule has 0 saturated carbocycles. The highest BCUT2D eigenvalue weighted by atomic mass is 127. The number of amides is 1. The number of aliphatic imine (C=N–C) groups is 1. The van der Waals surface area contributed by atoms with Crippen LogP contribution in [0.15, 0.2) is 35.3 Å². The maximum atomic E-state index is 11.2. The zero-order valence-corrected chi connectivity index (χ0v) is 19.4. The van der Waals surface area contributed by atoms with Crippen LogP contribution in [-0.2, 0) is 9.53 Å². The third kappa shape index (κ3) is 8.77. The second-order valence-electron chi connectivity index (χ2n) is 7.14. The molecular weight excluding hydrogens is 467 g/mol. The summed E-state index contributed by atoms with van der Waals surface area (Å²) in [5, 5.41) is 3.37. The topological polar surface area (TPSA) is 80.0 Å². The number of carbonyl (C=O) groups is 1. The molecule has 3 N–H and O–H groups in total. The second-order valence-corrected chi connectivity index (χ2v) is 7.14. The predicted molar refractivity (Wildman–Crippen MR) is 125 cm³/mol. The Morgan fingerprint density at radius 3 is 2.82 bits per heavy atom. The van der Waals surface area contributed by atoms with Crippen LogP contribution in [0.25, 0.3) is 0 Å². The monoisotopic (exact) mass is 502 g/mol. The number of benzene rings is 1. The standard InChI is InChI=1S/C21H34N4O2.HI/c1-3-23-21(25-13-7-9-18(16-25)15-20(22)26)24-12-8-14-27-17(2)19-10-5-4-6-11-19;/h4-6,10-11,17-18H,3,7-9,12-16H2,1-2H3,(H2,22,26)(H,23,24);1H. The molecule has 1 aliphatic rings. The van der Waals surface area contributed by atoms with E-state index in [9.17, 15) is 4.79 Å². The van der Waals surface area contributed by atoms with Crippen molar-refractivity contribution in [2.24, 2.45) is 16.6 Å². The number of ether oxygens (including phenoxy) is 1. The first-order valence-corrected chi connectivity index (χ1v) is 10.1. The van der Waals surface area contributed by atoms with E-state index >= 15 is 0 Å². The Labute approximate surface area is 186 Å². The van der Waals surface area contributed by atoms with Crippen LogP contribution in [-0.4, -0.2) is 49.6 Å². The molecule has 158 valence electrons. The van der Waals surface area contributed by atoms with Crippen LogP contribution in [0, 0.1) is 5.92 Å². The minimum atomic E-state index is -0.214. The number of guanidine groups is 1. The number of nitrogens with one attached hydrogen (secondary N) is 1. The zero-order chi connectivity index (χ0) is 19.5. The molecule has 2 rings (SSSR count). The van der Waals surface area contributed by atoms with Crippen LogP contribution in [0.5, 0.6) is 0 Å². The van der Waals surface area contributed by atoms with E-state index in [1.165, 1.54) is 5.56 Å². The van der Waals surface area contributed by atoms with Crippen LogP contribution in [0.2, 0.25) is 0 Å². The van der Waals surface area contributed by atoms with Gasteiger partial charge in [0.25, 0.3) is 0 Å². The van der Waals surface area contributed by atoms with Crippen molar-refractivity contribution in [1.82, 2.24) is 10.2 Å². The zero-order valence-electron chi connectivity index (χ0n) is 17.1. The number of hydrogen-bond acceptors (Lipinski definition) is 3. The fourth-order valence-corrected chi connectivity index (χ4v) is 3.46. The molecule has 1 saturated heterocycles. The van der Waals surface area contributed by atoms with Gasteiger partial charge in [0.15, 0.2) is 5.96 Å². The molecule has 0 aliphatic carbocycles. The van der Waals surface area contributed by atoms with Crippen molar-refractivity contribution in [3.05, 3.63) is 35.9 Å². The molecule has 2 unspecified atom stereocenters. The first-order chi connectivity index (χ1) is 13.1. The summed E-state index contributed by atoms with van der Waals surface area (Å²) in [6.45, 7) is 8.21. The molecule has 0 spiro atoms. The van der Waals surface area contributed by atoms with Gasteiger partial charge in [0.05, 0.1) is 6.10 Å². The highest BCUT2D eigenvalue weighted by Gasteiger charge is 2.23. The van der Waals surface area contributed by atoms with Gasteiger partial charge in [-0.25, -0.2) is 0 Å². The molecule has 28 heavy (non-hydrogen) atoms. The van der Waals surface area contributed by atoms with Crippen molar-refractivity contribution in [2.75, 3.05) is 32.8 Å². The molecule has 1 aromatic rings. The predicted octanol–water partition coefficient (Wildman–Crippen LogP) is 3.33. The van der Waals surface area contributed by atoms with Crippen LogP contribution in [0.1, 0.15) is 51.2 Å². The van der Waals surface area contributed by atoms with Crippen molar-refractivity contribution in [1.29, 1.82) is 0 Å². The van der Waals surface area contributed by atoms with Gasteiger partial charge in [0.1, 0.15) is 0 Å². The van der Waals surface area contributed by atoms with Gasteiger partial charge in [0, 0.05) is 39.2 Å². The van der Waals surface area contributed by atoms with Gasteiger partial charge in [-0.1, -0.05) is 30.3 Å². The number of primary amides is 1. The van der Waals surface area contributed by atoms with Gasteiger partial charge >= 0.3 is 0 Å². The summed E-state index contributed by atoms with van der Waals surface area (Å²) >= 11 is 0. The molecule has 1 fully saturated rings. The summed E-state index contributed by atoms with van der Waals surface area (Å²) in [5.74, 6) is 1.05. The van der Waals surface area contributed by atoms with E-state index < -0.39 is 0 Å². The maximum Gasteiger partial charge on any atom is 0.217 e. The van der Waals surface area contributed by atoms with Gasteiger partial charge in [-0.2, -0.15) is 0 Å². The van der Waals surface area contributed by atoms with Gasteiger partial charge in [-0.15, -0.1) is 24.0 Å². The largest absolute Gasteiger partial charge is 0.374 e. The van der Waals surface area contributed by atoms with E-state index in [1.54, 1.807) is 0 Å². The molecule has 0 radical (unpaired) electrons. The fraction of sp³-hybridized carbons (Fsp3) is 0.619. The first kappa shape index (κ1) is 24.7. The number of rotatable bonds is 9. The van der Waals surface area contributed by atoms with Crippen LogP contribution < -0.4 is 11.1 Å². The lowest BCUT2D eigenvalue weighted by Crippen LogP contribution is -2.47. The molecule has 6 nitrogen and oxygen atoms in total. The SMILES string of the molecule is CCNC(=NCCCOC(C)c1ccccc1)N1CCCC(CC(N)=O)C1.I. The summed E-state index contributed by atoms with van der Waals surface area (Å²) in [7, 11) is 0. The molecule has 1 aromatic carbocycles. The second kappa shape index (κ2) is 13.8. The molecular formula is C21H35IN4O2. The molecule has 1 amide bonds. The molecule has 0 bridgehead atoms. The average molecular weight is 502 g/mol. The summed E-state index contributed by atoms with van der Waals surface area (Å²) in [6.07, 6.45) is 3.57. The van der Waals surface area contributed by atoms with E-state index in [1.807, 2.05) is 18.2 Å². The minimum Gasteiger partial charge on any atom is -0.374 e. The smallest absolute Gasteiger partial charge is 0.217 e. The number of hydrogen-bond donors (Lipinski definition) is 2. The summed E-state index contributed by atoms with van der Waals surface area (Å²) in [4.78, 5) is 18.2. The van der Waals surface area contributed by atoms with E-state index in [-0.39, 0.29) is 36.0 Å². The van der Waals surface area contributed by atoms with Gasteiger partial charge in [0.2, 0.25) is 5.91 Å². The molecule has 0 aromatic heterocycles. The molecule has 1 heterocycles. The highest BCUT2D eigenvalue weighted by Crippen LogP contribution is 2.19. The molecule has 1 aliphatic heterocycles. The van der Waals surface area contributed by atoms with Crippen molar-refractivity contribution in [3.63, 3.8) is 0 Å². The van der Waals surface area contributed by atoms with Crippen LogP contribution in [0.3, 0.4) is 0 Å². The van der Waals surface area contributed by atoms with E-state index in [2.05, 4.69) is 36.2 Å². The van der Waals surface area contributed by atoms with E-state index in [4.69, 9.17) is 15.5 Å². The van der Waals surface area contributed by atoms with E-state index in [0.717, 1.165) is 51.4 Å². The Morgan fingerprint density at radius 2 is 2.14 bits per heavy atom. The first-order valence-electron chi connectivity index (χ1n) is 10.1. The van der Waals surface area contributed by atoms with Crippen molar-refractivity contribution in [3.8, 4) is 0 Å². The number of carbonyl (C=O) groups excluding carboxylic acids is 1. The summed E-state index contributed by atoms with van der Waals surface area (Å²) in [5.41, 5.74) is 6.56. The number of piperidine rings is 1. The van der Waals surface area contributed by atoms with Crippen LogP contribution >= 0.6 is 24.0 Å². The Bertz CT molecular complexity index is 597. The molecule has 2 atom stereocenters. The Hall–Kier alpha value is -1.35. The third-order valence-electron chi connectivity index (χ3n) is 4.84. The van der Waals surface area contributed by atoms with E-state index in [0.29, 0.717) is 18.9 Å². The Morgan fingerprint density at radius 1 is 1.39 bits per heavy atom. The highest BCUT2D eigenvalue weighted by molar-refractivity contribution is 14.0. The normalized spacial score (nSPS) is 18.3. The lowest BCUT2D eigenvalue weighted by Gasteiger charge is -2.34. The van der Waals surface area contributed by atoms with Gasteiger partial charge < -0.3 is 20.7 Å². The fourth-order valence-electron chi connectivity index (χ4n) is 3.46. The van der Waals surface area contributed by atoms with Crippen molar-refractivity contribution >= 4 is 35.8 Å². The van der Waals surface area contributed by atoms with Gasteiger partial charge in [-0.3, -0.25) is 9.79 Å². The van der Waals surface area contributed by atoms with Crippen LogP contribution in [0.4, 0.5) is 0 Å². The number of likely N-dealkylation sites (tertiary alicyclic amines) is 1. The lowest BCUT2D eigenvalue weighted by atomic mass is 9.95. The average Bonchev–Trinajstić information content (AvgIpc) is 2.67.